The van der Waals surface area contributed by atoms with Crippen molar-refractivity contribution < 1.29 is 14.3 Å². The van der Waals surface area contributed by atoms with E-state index in [0.717, 1.165) is 29.8 Å². The molecule has 0 amide bonds. The van der Waals surface area contributed by atoms with E-state index in [4.69, 9.17) is 14.5 Å². The summed E-state index contributed by atoms with van der Waals surface area (Å²) in [6.07, 6.45) is 4.34. The molecule has 2 aliphatic rings. The van der Waals surface area contributed by atoms with Crippen molar-refractivity contribution in [3.63, 3.8) is 0 Å². The number of carbonyl (C=O) groups is 1. The molecule has 0 spiro atoms. The van der Waals surface area contributed by atoms with Crippen LogP contribution in [-0.4, -0.2) is 37.3 Å². The monoisotopic (exact) mass is 565 g/mol. The maximum Gasteiger partial charge on any atom is 0.338 e. The lowest BCUT2D eigenvalue weighted by atomic mass is 9.93. The molecule has 1 atom stereocenters. The van der Waals surface area contributed by atoms with Crippen molar-refractivity contribution in [1.82, 2.24) is 4.57 Å². The number of ether oxygens (including phenoxy) is 2. The number of methoxy groups -OCH3 is 1. The van der Waals surface area contributed by atoms with Gasteiger partial charge in [0.05, 0.1) is 35.6 Å². The Balaban J connectivity index is 1.55. The zero-order valence-corrected chi connectivity index (χ0v) is 23.9. The average molecular weight is 566 g/mol. The van der Waals surface area contributed by atoms with Crippen molar-refractivity contribution in [1.29, 1.82) is 0 Å². The zero-order valence-electron chi connectivity index (χ0n) is 23.1. The third kappa shape index (κ3) is 5.23. The molecule has 1 fully saturated rings. The average Bonchev–Trinajstić information content (AvgIpc) is 3.66. The van der Waals surface area contributed by atoms with Crippen molar-refractivity contribution >= 4 is 34.8 Å². The Bertz CT molecular complexity index is 1780. The first-order valence-electron chi connectivity index (χ1n) is 13.8. The van der Waals surface area contributed by atoms with Gasteiger partial charge in [-0.1, -0.05) is 65.9 Å². The Hall–Kier alpha value is -4.43. The summed E-state index contributed by atoms with van der Waals surface area (Å²) in [5.41, 5.74) is 4.26. The second kappa shape index (κ2) is 11.6. The highest BCUT2D eigenvalue weighted by Gasteiger charge is 2.35. The molecule has 0 saturated carbocycles. The first-order chi connectivity index (χ1) is 20.1. The Morgan fingerprint density at radius 1 is 1.02 bits per heavy atom. The van der Waals surface area contributed by atoms with E-state index in [9.17, 15) is 9.59 Å². The Labute approximate surface area is 242 Å². The largest absolute Gasteiger partial charge is 0.497 e. The second-order valence-electron chi connectivity index (χ2n) is 9.99. The number of fused-ring (bicyclic) bond motifs is 1. The van der Waals surface area contributed by atoms with Crippen LogP contribution in [0.5, 0.6) is 5.75 Å². The molecule has 0 radical (unpaired) electrons. The molecule has 41 heavy (non-hydrogen) atoms. The fourth-order valence-electron chi connectivity index (χ4n) is 5.48. The normalized spacial score (nSPS) is 16.9. The van der Waals surface area contributed by atoms with Crippen LogP contribution in [0, 0.1) is 0 Å². The van der Waals surface area contributed by atoms with Gasteiger partial charge in [-0.25, -0.2) is 9.79 Å². The summed E-state index contributed by atoms with van der Waals surface area (Å²) >= 11 is 1.32. The summed E-state index contributed by atoms with van der Waals surface area (Å²) in [7, 11) is 1.59. The number of benzene rings is 3. The maximum atomic E-state index is 14.1. The van der Waals surface area contributed by atoms with E-state index in [1.54, 1.807) is 18.6 Å². The smallest absolute Gasteiger partial charge is 0.338 e. The van der Waals surface area contributed by atoms with Gasteiger partial charge in [0.1, 0.15) is 5.75 Å². The van der Waals surface area contributed by atoms with Crippen LogP contribution in [0.4, 0.5) is 5.69 Å². The minimum atomic E-state index is -0.740. The van der Waals surface area contributed by atoms with E-state index >= 15 is 0 Å². The highest BCUT2D eigenvalue weighted by Crippen LogP contribution is 2.36. The summed E-state index contributed by atoms with van der Waals surface area (Å²) in [6.45, 7) is 4.13. The van der Waals surface area contributed by atoms with Crippen LogP contribution in [-0.2, 0) is 9.53 Å². The fraction of sp³-hybridized carbons (Fsp3) is 0.242. The molecular weight excluding hydrogens is 534 g/mol. The molecule has 0 bridgehead atoms. The van der Waals surface area contributed by atoms with E-state index in [1.165, 1.54) is 29.9 Å². The van der Waals surface area contributed by atoms with E-state index in [1.807, 2.05) is 72.8 Å². The molecular formula is C33H31N3O4S. The van der Waals surface area contributed by atoms with Gasteiger partial charge >= 0.3 is 5.97 Å². The third-order valence-corrected chi connectivity index (χ3v) is 8.43. The molecule has 0 N–H and O–H groups in total. The number of anilines is 1. The summed E-state index contributed by atoms with van der Waals surface area (Å²) in [5, 5.41) is 0. The van der Waals surface area contributed by atoms with Gasteiger partial charge in [-0.05, 0) is 61.2 Å². The van der Waals surface area contributed by atoms with E-state index in [2.05, 4.69) is 17.0 Å². The van der Waals surface area contributed by atoms with Gasteiger partial charge in [-0.2, -0.15) is 0 Å². The van der Waals surface area contributed by atoms with Gasteiger partial charge in [0.15, 0.2) is 4.80 Å². The molecule has 8 heteroatoms. The van der Waals surface area contributed by atoms with E-state index < -0.39 is 12.0 Å². The number of hydrogen-bond donors (Lipinski definition) is 0. The lowest BCUT2D eigenvalue weighted by molar-refractivity contribution is -0.138. The number of aromatic nitrogens is 1. The van der Waals surface area contributed by atoms with Crippen LogP contribution in [0.2, 0.25) is 0 Å². The van der Waals surface area contributed by atoms with Gasteiger partial charge in [0.2, 0.25) is 0 Å². The Kier molecular flexibility index (Phi) is 7.57. The molecule has 208 valence electrons. The zero-order chi connectivity index (χ0) is 28.3. The van der Waals surface area contributed by atoms with E-state index in [-0.39, 0.29) is 12.2 Å². The first-order valence-corrected chi connectivity index (χ1v) is 14.7. The summed E-state index contributed by atoms with van der Waals surface area (Å²) in [5.74, 6) is 0.124. The topological polar surface area (TPSA) is 73.1 Å². The minimum Gasteiger partial charge on any atom is -0.497 e. The lowest BCUT2D eigenvalue weighted by Gasteiger charge is -2.26. The Morgan fingerprint density at radius 3 is 2.49 bits per heavy atom. The molecule has 3 aromatic carbocycles. The third-order valence-electron chi connectivity index (χ3n) is 7.45. The van der Waals surface area contributed by atoms with Crippen LogP contribution in [0.25, 0.3) is 11.8 Å². The molecule has 0 unspecified atom stereocenters. The molecule has 1 saturated heterocycles. The first kappa shape index (κ1) is 26.8. The number of hydrogen-bond acceptors (Lipinski definition) is 7. The van der Waals surface area contributed by atoms with Gasteiger partial charge in [-0.15, -0.1) is 0 Å². The van der Waals surface area contributed by atoms with Gasteiger partial charge in [0, 0.05) is 24.3 Å². The Morgan fingerprint density at radius 2 is 1.78 bits per heavy atom. The quantitative estimate of drug-likeness (QED) is 0.308. The van der Waals surface area contributed by atoms with Crippen LogP contribution in [0.1, 0.15) is 42.5 Å². The van der Waals surface area contributed by atoms with Crippen LogP contribution >= 0.6 is 11.3 Å². The summed E-state index contributed by atoms with van der Waals surface area (Å²) < 4.78 is 13.2. The number of nitrogens with zero attached hydrogens (tertiary/aromatic N) is 3. The highest BCUT2D eigenvalue weighted by molar-refractivity contribution is 7.07. The highest BCUT2D eigenvalue weighted by atomic mass is 32.1. The van der Waals surface area contributed by atoms with Gasteiger partial charge in [0.25, 0.3) is 5.56 Å². The molecule has 4 aromatic rings. The van der Waals surface area contributed by atoms with Crippen molar-refractivity contribution in [2.45, 2.75) is 25.8 Å². The van der Waals surface area contributed by atoms with Crippen LogP contribution < -0.4 is 24.5 Å². The van der Waals surface area contributed by atoms with Crippen LogP contribution in [0.3, 0.4) is 0 Å². The lowest BCUT2D eigenvalue weighted by Crippen LogP contribution is -2.40. The molecule has 2 aliphatic heterocycles. The van der Waals surface area contributed by atoms with Crippen molar-refractivity contribution in [2.75, 3.05) is 31.7 Å². The summed E-state index contributed by atoms with van der Waals surface area (Å²) in [6, 6.07) is 24.6. The number of thiazole rings is 1. The van der Waals surface area contributed by atoms with Crippen LogP contribution in [0.15, 0.2) is 94.2 Å². The second-order valence-corrected chi connectivity index (χ2v) is 11.0. The molecule has 7 nitrogen and oxygen atoms in total. The maximum absolute atomic E-state index is 14.1. The number of carbonyl (C=O) groups excluding carboxylic acids is 1. The van der Waals surface area contributed by atoms with Crippen molar-refractivity contribution in [3.05, 3.63) is 121 Å². The van der Waals surface area contributed by atoms with Gasteiger partial charge in [-0.3, -0.25) is 9.36 Å². The fourth-order valence-corrected chi connectivity index (χ4v) is 6.48. The number of esters is 1. The molecule has 3 heterocycles. The van der Waals surface area contributed by atoms with Crippen molar-refractivity contribution in [3.8, 4) is 5.75 Å². The SMILES string of the molecule is CCOC(=O)C1=C(c2ccccc2)N=c2s/c(=C/c3ccc(N4CCCC4)cc3)c(=O)n2[C@@H]1c1cccc(OC)c1. The van der Waals surface area contributed by atoms with E-state index in [0.29, 0.717) is 26.4 Å². The van der Waals surface area contributed by atoms with Crippen molar-refractivity contribution in [2.24, 2.45) is 4.99 Å². The molecule has 1 aromatic heterocycles. The standard InChI is InChI=1S/C33H31N3O4S/c1-3-40-32(38)28-29(23-10-5-4-6-11-23)34-33-36(30(28)24-12-9-13-26(21-24)39-2)31(37)27(41-33)20-22-14-16-25(17-15-22)35-18-7-8-19-35/h4-6,9-17,20-21,30H,3,7-8,18-19H2,1-2H3/b27-20+/t30-/m1/s1. The molecule has 0 aliphatic carbocycles. The predicted octanol–water partition coefficient (Wildman–Crippen LogP) is 4.54. The predicted molar refractivity (Wildman–Crippen MR) is 162 cm³/mol. The molecule has 6 rings (SSSR count). The minimum absolute atomic E-state index is 0.201. The number of rotatable bonds is 7. The summed E-state index contributed by atoms with van der Waals surface area (Å²) in [4.78, 5) is 35.5. The van der Waals surface area contributed by atoms with Gasteiger partial charge < -0.3 is 14.4 Å².